The third-order valence-electron chi connectivity index (χ3n) is 3.79. The average molecular weight is 348 g/mol. The predicted octanol–water partition coefficient (Wildman–Crippen LogP) is 2.10. The molecule has 1 aromatic carbocycles. The maximum absolute atomic E-state index is 12.4. The van der Waals surface area contributed by atoms with E-state index in [0.29, 0.717) is 0 Å². The summed E-state index contributed by atoms with van der Waals surface area (Å²) in [6, 6.07) is 7.63. The van der Waals surface area contributed by atoms with Crippen LogP contribution in [-0.2, 0) is 16.6 Å². The molecule has 2 unspecified atom stereocenters. The summed E-state index contributed by atoms with van der Waals surface area (Å²) in [6.07, 6.45) is 3.69. The first kappa shape index (κ1) is 14.0. The van der Waals surface area contributed by atoms with Gasteiger partial charge in [0.1, 0.15) is 0 Å². The van der Waals surface area contributed by atoms with Crippen molar-refractivity contribution < 1.29 is 9.59 Å². The molecule has 0 aliphatic carbocycles. The molecule has 1 N–H and O–H groups in total. The van der Waals surface area contributed by atoms with Crippen LogP contribution in [0.2, 0.25) is 0 Å². The van der Waals surface area contributed by atoms with E-state index < -0.39 is 5.92 Å². The number of hydrogen-bond donors (Lipinski definition) is 1. The molecule has 3 rings (SSSR count). The van der Waals surface area contributed by atoms with Crippen LogP contribution in [0.3, 0.4) is 0 Å². The van der Waals surface area contributed by atoms with Crippen LogP contribution in [-0.4, -0.2) is 21.4 Å². The third kappa shape index (κ3) is 2.63. The van der Waals surface area contributed by atoms with E-state index in [1.807, 2.05) is 35.9 Å². The first-order valence-electron chi connectivity index (χ1n) is 6.61. The Morgan fingerprint density at radius 2 is 2.19 bits per heavy atom. The summed E-state index contributed by atoms with van der Waals surface area (Å²) in [6.45, 7) is 0. The molecule has 0 spiro atoms. The van der Waals surface area contributed by atoms with Crippen molar-refractivity contribution in [2.75, 3.05) is 0 Å². The zero-order valence-corrected chi connectivity index (χ0v) is 13.0. The second-order valence-corrected chi connectivity index (χ2v) is 6.10. The standard InChI is InChI=1S/C15H14BrN3O2/c1-19-8-17-7-12(19)11-6-13(20)18-15(21)14(11)9-3-2-4-10(16)5-9/h2-5,7-8,11,14H,6H2,1H3,(H,18,20,21). The molecule has 1 saturated heterocycles. The molecule has 1 fully saturated rings. The lowest BCUT2D eigenvalue weighted by Gasteiger charge is -2.30. The van der Waals surface area contributed by atoms with Crippen molar-refractivity contribution in [1.82, 2.24) is 14.9 Å². The first-order chi connectivity index (χ1) is 10.1. The zero-order chi connectivity index (χ0) is 15.0. The van der Waals surface area contributed by atoms with Crippen LogP contribution in [0, 0.1) is 0 Å². The molecule has 0 saturated carbocycles. The number of imide groups is 1. The molecular formula is C15H14BrN3O2. The van der Waals surface area contributed by atoms with Gasteiger partial charge in [-0.1, -0.05) is 28.1 Å². The molecule has 1 aliphatic heterocycles. The van der Waals surface area contributed by atoms with Crippen LogP contribution < -0.4 is 5.32 Å². The van der Waals surface area contributed by atoms with Gasteiger partial charge in [0, 0.05) is 35.7 Å². The van der Waals surface area contributed by atoms with Gasteiger partial charge >= 0.3 is 0 Å². The van der Waals surface area contributed by atoms with Crippen LogP contribution in [0.25, 0.3) is 0 Å². The van der Waals surface area contributed by atoms with Crippen molar-refractivity contribution in [2.45, 2.75) is 18.3 Å². The van der Waals surface area contributed by atoms with Gasteiger partial charge in [-0.15, -0.1) is 0 Å². The molecule has 2 amide bonds. The number of piperidine rings is 1. The Bertz CT molecular complexity index is 710. The number of hydrogen-bond acceptors (Lipinski definition) is 3. The van der Waals surface area contributed by atoms with Gasteiger partial charge in [0.05, 0.1) is 12.2 Å². The lowest BCUT2D eigenvalue weighted by molar-refractivity contribution is -0.135. The summed E-state index contributed by atoms with van der Waals surface area (Å²) < 4.78 is 2.77. The summed E-state index contributed by atoms with van der Waals surface area (Å²) in [5.41, 5.74) is 1.78. The van der Waals surface area contributed by atoms with Crippen molar-refractivity contribution in [1.29, 1.82) is 0 Å². The van der Waals surface area contributed by atoms with Gasteiger partial charge in [0.2, 0.25) is 11.8 Å². The summed E-state index contributed by atoms with van der Waals surface area (Å²) in [7, 11) is 1.87. The Balaban J connectivity index is 2.07. The topological polar surface area (TPSA) is 64.0 Å². The van der Waals surface area contributed by atoms with Crippen LogP contribution in [0.1, 0.15) is 29.5 Å². The number of aromatic nitrogens is 2. The predicted molar refractivity (Wildman–Crippen MR) is 80.6 cm³/mol. The van der Waals surface area contributed by atoms with Gasteiger partial charge in [-0.3, -0.25) is 14.9 Å². The molecule has 6 heteroatoms. The number of aryl methyl sites for hydroxylation is 1. The van der Waals surface area contributed by atoms with Crippen LogP contribution in [0.15, 0.2) is 41.3 Å². The highest BCUT2D eigenvalue weighted by Crippen LogP contribution is 2.38. The number of nitrogens with zero attached hydrogens (tertiary/aromatic N) is 2. The minimum absolute atomic E-state index is 0.201. The number of nitrogens with one attached hydrogen (secondary N) is 1. The van der Waals surface area contributed by atoms with Crippen molar-refractivity contribution in [3.63, 3.8) is 0 Å². The zero-order valence-electron chi connectivity index (χ0n) is 11.4. The second-order valence-electron chi connectivity index (χ2n) is 5.19. The largest absolute Gasteiger partial charge is 0.337 e. The van der Waals surface area contributed by atoms with Crippen molar-refractivity contribution in [2.24, 2.45) is 7.05 Å². The summed E-state index contributed by atoms with van der Waals surface area (Å²) in [4.78, 5) is 28.2. The van der Waals surface area contributed by atoms with Crippen LogP contribution >= 0.6 is 15.9 Å². The molecule has 2 heterocycles. The van der Waals surface area contributed by atoms with E-state index in [9.17, 15) is 9.59 Å². The van der Waals surface area contributed by atoms with E-state index in [4.69, 9.17) is 0 Å². The molecule has 21 heavy (non-hydrogen) atoms. The van der Waals surface area contributed by atoms with Crippen molar-refractivity contribution in [3.8, 4) is 0 Å². The Morgan fingerprint density at radius 1 is 1.38 bits per heavy atom. The fraction of sp³-hybridized carbons (Fsp3) is 0.267. The fourth-order valence-electron chi connectivity index (χ4n) is 2.85. The minimum Gasteiger partial charge on any atom is -0.337 e. The Morgan fingerprint density at radius 3 is 2.86 bits per heavy atom. The monoisotopic (exact) mass is 347 g/mol. The molecule has 2 aromatic rings. The number of carbonyl (C=O) groups excluding carboxylic acids is 2. The average Bonchev–Trinajstić information content (AvgIpc) is 2.84. The van der Waals surface area contributed by atoms with Crippen LogP contribution in [0.5, 0.6) is 0 Å². The first-order valence-corrected chi connectivity index (χ1v) is 7.41. The molecule has 108 valence electrons. The number of imidazole rings is 1. The molecule has 5 nitrogen and oxygen atoms in total. The Hall–Kier alpha value is -1.95. The van der Waals surface area contributed by atoms with Crippen molar-refractivity contribution >= 4 is 27.7 Å². The number of halogens is 1. The highest BCUT2D eigenvalue weighted by atomic mass is 79.9. The summed E-state index contributed by atoms with van der Waals surface area (Å²) in [5, 5.41) is 2.44. The smallest absolute Gasteiger partial charge is 0.234 e. The van der Waals surface area contributed by atoms with Gasteiger partial charge < -0.3 is 4.57 Å². The maximum atomic E-state index is 12.4. The van der Waals surface area contributed by atoms with Gasteiger partial charge in [0.15, 0.2) is 0 Å². The molecule has 1 aromatic heterocycles. The SMILES string of the molecule is Cn1cncc1C1CC(=O)NC(=O)C1c1cccc(Br)c1. The maximum Gasteiger partial charge on any atom is 0.234 e. The van der Waals surface area contributed by atoms with Crippen LogP contribution in [0.4, 0.5) is 0 Å². The number of carbonyl (C=O) groups is 2. The van der Waals surface area contributed by atoms with E-state index in [2.05, 4.69) is 26.2 Å². The lowest BCUT2D eigenvalue weighted by Crippen LogP contribution is -2.43. The lowest BCUT2D eigenvalue weighted by atomic mass is 9.79. The van der Waals surface area contributed by atoms with E-state index >= 15 is 0 Å². The van der Waals surface area contributed by atoms with E-state index in [1.54, 1.807) is 12.5 Å². The highest BCUT2D eigenvalue weighted by Gasteiger charge is 2.39. The van der Waals surface area contributed by atoms with E-state index in [0.717, 1.165) is 15.7 Å². The van der Waals surface area contributed by atoms with E-state index in [-0.39, 0.29) is 24.2 Å². The van der Waals surface area contributed by atoms with E-state index in [1.165, 1.54) is 0 Å². The number of rotatable bonds is 2. The van der Waals surface area contributed by atoms with Gasteiger partial charge in [-0.2, -0.15) is 0 Å². The quantitative estimate of drug-likeness (QED) is 0.846. The highest BCUT2D eigenvalue weighted by molar-refractivity contribution is 9.10. The van der Waals surface area contributed by atoms with Gasteiger partial charge in [-0.25, -0.2) is 4.98 Å². The molecule has 0 radical (unpaired) electrons. The molecular weight excluding hydrogens is 334 g/mol. The number of benzene rings is 1. The molecule has 0 bridgehead atoms. The second kappa shape index (κ2) is 5.44. The minimum atomic E-state index is -0.393. The van der Waals surface area contributed by atoms with Gasteiger partial charge in [0.25, 0.3) is 0 Å². The number of amides is 2. The summed E-state index contributed by atoms with van der Waals surface area (Å²) >= 11 is 3.43. The third-order valence-corrected chi connectivity index (χ3v) is 4.29. The van der Waals surface area contributed by atoms with Crippen molar-refractivity contribution in [3.05, 3.63) is 52.5 Å². The van der Waals surface area contributed by atoms with Gasteiger partial charge in [-0.05, 0) is 17.7 Å². The Labute approximate surface area is 130 Å². The Kier molecular flexibility index (Phi) is 3.63. The molecule has 1 aliphatic rings. The molecule has 2 atom stereocenters. The normalized spacial score (nSPS) is 22.2. The summed E-state index contributed by atoms with van der Waals surface area (Å²) in [5.74, 6) is -1.09. The fourth-order valence-corrected chi connectivity index (χ4v) is 3.27.